The van der Waals surface area contributed by atoms with Crippen molar-refractivity contribution >= 4 is 18.3 Å². The second-order valence-corrected chi connectivity index (χ2v) is 20.4. The maximum Gasteiger partial charge on any atom is 0.410 e. The number of hydrogen-bond acceptors (Lipinski definition) is 14. The standard InChI is InChI=1S/C53H65N3O14/c1-30-26-38-43(44-39(56(3)52(59)67-44)48(63-38)68-49-46-40(64-46)31(2)37(62-49)23-22-32-16-8-4-9-17-32)66-47(30)65-41-35(54-50(57)60-28-33-18-10-5-11-19-33)27-36(55-51(58)61-29-34-20-12-6-13-21-34)42-45(41)70-53(69-42)24-14-7-15-25-53/h4-6,8-13,16-21,30-31,35-49H,7,14-15,22-29H2,1-3H3,(H,54,57)(H,55,58)/t30?,31-,35?,36-,37?,38+,39?,40+,41-,42?,43?,44?,45+,46?,47+,48?,49-/m1/s1. The molecule has 0 radical (unpaired) electrons. The Bertz CT molecular complexity index is 2270. The van der Waals surface area contributed by atoms with Gasteiger partial charge in [-0.3, -0.25) is 4.90 Å². The fourth-order valence-electron chi connectivity index (χ4n) is 11.8. The van der Waals surface area contributed by atoms with E-state index >= 15 is 0 Å². The number of rotatable bonds is 13. The van der Waals surface area contributed by atoms with E-state index in [0.29, 0.717) is 19.3 Å². The largest absolute Gasteiger partial charge is 0.445 e. The number of likely N-dealkylation sites (N-methyl/N-ethyl adjacent to an activating group) is 1. The van der Waals surface area contributed by atoms with Crippen LogP contribution in [-0.2, 0) is 71.7 Å². The molecule has 8 fully saturated rings. The first kappa shape index (κ1) is 47.5. The molecule has 6 aliphatic heterocycles. The SMILES string of the molecule is CC1C[C@@H]2OC(O[C@H]3OC(CCc4ccccc4)[C@@H](C)[C@@H]4OC34)C3C(OC(=O)N3C)C2O[C@@H]1O[C@@H]1C(NC(=O)OCc2ccccc2)C[C@@H](NC(=O)OCc2ccccc2)C2OC3(CCCCC3)O[C@H]21. The topological polar surface area (TPSA) is 183 Å². The summed E-state index contributed by atoms with van der Waals surface area (Å²) in [5.41, 5.74) is 2.91. The molecule has 6 heterocycles. The lowest BCUT2D eigenvalue weighted by Gasteiger charge is -2.50. The summed E-state index contributed by atoms with van der Waals surface area (Å²) in [5, 5.41) is 6.14. The minimum atomic E-state index is -0.897. The number of nitrogens with one attached hydrogen (secondary N) is 2. The van der Waals surface area contributed by atoms with Gasteiger partial charge in [-0.05, 0) is 55.2 Å². The molecular formula is C53H65N3O14. The van der Waals surface area contributed by atoms with Gasteiger partial charge in [-0.1, -0.05) is 111 Å². The van der Waals surface area contributed by atoms with E-state index in [2.05, 4.69) is 29.7 Å². The highest BCUT2D eigenvalue weighted by Gasteiger charge is 2.64. The third-order valence-corrected chi connectivity index (χ3v) is 15.6. The smallest absolute Gasteiger partial charge is 0.410 e. The molecule has 1 spiro atoms. The van der Waals surface area contributed by atoms with Gasteiger partial charge in [0.25, 0.3) is 0 Å². The molecular weight excluding hydrogens is 903 g/mol. The second kappa shape index (κ2) is 20.3. The number of carbonyl (C=O) groups excluding carboxylic acids is 3. The summed E-state index contributed by atoms with van der Waals surface area (Å²) in [5.74, 6) is -0.961. The van der Waals surface area contributed by atoms with Crippen LogP contribution < -0.4 is 10.6 Å². The van der Waals surface area contributed by atoms with Gasteiger partial charge in [0.15, 0.2) is 30.8 Å². The Kier molecular flexibility index (Phi) is 13.8. The Hall–Kier alpha value is -4.85. The summed E-state index contributed by atoms with van der Waals surface area (Å²) < 4.78 is 71.7. The highest BCUT2D eigenvalue weighted by molar-refractivity contribution is 5.71. The molecule has 9 unspecified atom stereocenters. The Labute approximate surface area is 408 Å². The van der Waals surface area contributed by atoms with Crippen molar-refractivity contribution in [2.24, 2.45) is 11.8 Å². The molecule has 2 saturated carbocycles. The molecule has 2 N–H and O–H groups in total. The first-order valence-corrected chi connectivity index (χ1v) is 25.3. The zero-order chi connectivity index (χ0) is 47.9. The molecule has 17 heteroatoms. The van der Waals surface area contributed by atoms with E-state index in [9.17, 15) is 14.4 Å². The molecule has 70 heavy (non-hydrogen) atoms. The minimum Gasteiger partial charge on any atom is -0.445 e. The molecule has 3 amide bonds. The molecule has 0 bridgehead atoms. The average Bonchev–Trinajstić information content (AvgIpc) is 4.03. The van der Waals surface area contributed by atoms with Crippen molar-refractivity contribution in [2.75, 3.05) is 7.05 Å². The van der Waals surface area contributed by atoms with Crippen LogP contribution in [-0.4, -0.2) is 128 Å². The summed E-state index contributed by atoms with van der Waals surface area (Å²) in [6.07, 6.45) is -2.25. The molecule has 0 aromatic heterocycles. The lowest BCUT2D eigenvalue weighted by Crippen LogP contribution is -2.67. The molecule has 3 aromatic carbocycles. The molecule has 3 aromatic rings. The zero-order valence-electron chi connectivity index (χ0n) is 39.9. The third kappa shape index (κ3) is 10.0. The second-order valence-electron chi connectivity index (χ2n) is 20.4. The number of hydrogen-bond donors (Lipinski definition) is 2. The van der Waals surface area contributed by atoms with Crippen molar-refractivity contribution in [1.82, 2.24) is 15.5 Å². The number of nitrogens with zero attached hydrogens (tertiary/aromatic N) is 1. The van der Waals surface area contributed by atoms with E-state index in [-0.39, 0.29) is 49.8 Å². The van der Waals surface area contributed by atoms with Gasteiger partial charge in [0, 0.05) is 31.7 Å². The maximum atomic E-state index is 13.8. The van der Waals surface area contributed by atoms with Gasteiger partial charge in [0.2, 0.25) is 0 Å². The molecule has 6 saturated heterocycles. The molecule has 8 aliphatic rings. The Morgan fingerprint density at radius 2 is 1.27 bits per heavy atom. The van der Waals surface area contributed by atoms with E-state index in [0.717, 1.165) is 43.2 Å². The average molecular weight is 968 g/mol. The van der Waals surface area contributed by atoms with Crippen LogP contribution in [0.3, 0.4) is 0 Å². The fraction of sp³-hybridized carbons (Fsp3) is 0.604. The van der Waals surface area contributed by atoms with Crippen LogP contribution in [0.2, 0.25) is 0 Å². The van der Waals surface area contributed by atoms with Gasteiger partial charge in [0.1, 0.15) is 49.8 Å². The van der Waals surface area contributed by atoms with Crippen molar-refractivity contribution in [2.45, 2.75) is 183 Å². The fourth-order valence-corrected chi connectivity index (χ4v) is 11.8. The van der Waals surface area contributed by atoms with Crippen LogP contribution in [0, 0.1) is 11.8 Å². The van der Waals surface area contributed by atoms with E-state index < -0.39 is 97.7 Å². The van der Waals surface area contributed by atoms with E-state index in [4.69, 9.17) is 52.1 Å². The molecule has 17 nitrogen and oxygen atoms in total. The van der Waals surface area contributed by atoms with Crippen molar-refractivity contribution in [3.05, 3.63) is 108 Å². The number of alkyl carbamates (subject to hydrolysis) is 2. The van der Waals surface area contributed by atoms with Crippen LogP contribution >= 0.6 is 0 Å². The number of amides is 3. The van der Waals surface area contributed by atoms with Crippen LogP contribution in [0.25, 0.3) is 0 Å². The van der Waals surface area contributed by atoms with Crippen molar-refractivity contribution < 1.29 is 66.5 Å². The van der Waals surface area contributed by atoms with Gasteiger partial charge >= 0.3 is 18.3 Å². The highest BCUT2D eigenvalue weighted by Crippen LogP contribution is 2.49. The van der Waals surface area contributed by atoms with Gasteiger partial charge in [-0.25, -0.2) is 14.4 Å². The number of benzene rings is 3. The first-order chi connectivity index (χ1) is 34.1. The number of fused-ring (bicyclic) bond motifs is 5. The van der Waals surface area contributed by atoms with Crippen molar-refractivity contribution in [3.8, 4) is 0 Å². The molecule has 376 valence electrons. The van der Waals surface area contributed by atoms with Gasteiger partial charge in [-0.15, -0.1) is 0 Å². The van der Waals surface area contributed by atoms with Crippen LogP contribution in [0.5, 0.6) is 0 Å². The predicted octanol–water partition coefficient (Wildman–Crippen LogP) is 6.88. The Morgan fingerprint density at radius 1 is 0.643 bits per heavy atom. The summed E-state index contributed by atoms with van der Waals surface area (Å²) in [6, 6.07) is 27.2. The molecule has 17 atom stereocenters. The first-order valence-electron chi connectivity index (χ1n) is 25.3. The lowest BCUT2D eigenvalue weighted by atomic mass is 9.83. The van der Waals surface area contributed by atoms with Gasteiger partial charge < -0.3 is 62.7 Å². The summed E-state index contributed by atoms with van der Waals surface area (Å²) in [6.45, 7) is 4.31. The summed E-state index contributed by atoms with van der Waals surface area (Å²) >= 11 is 0. The quantitative estimate of drug-likeness (QED) is 0.134. The zero-order valence-corrected chi connectivity index (χ0v) is 39.9. The number of ether oxygens (including phenoxy) is 11. The van der Waals surface area contributed by atoms with E-state index in [1.54, 1.807) is 7.05 Å². The lowest BCUT2D eigenvalue weighted by molar-refractivity contribution is -0.361. The monoisotopic (exact) mass is 967 g/mol. The third-order valence-electron chi connectivity index (χ3n) is 15.6. The number of carbonyl (C=O) groups is 3. The normalized spacial score (nSPS) is 38.0. The van der Waals surface area contributed by atoms with E-state index in [1.807, 2.05) is 85.8 Å². The van der Waals surface area contributed by atoms with Crippen LogP contribution in [0.1, 0.15) is 81.9 Å². The molecule has 11 rings (SSSR count). The van der Waals surface area contributed by atoms with Gasteiger partial charge in [-0.2, -0.15) is 0 Å². The summed E-state index contributed by atoms with van der Waals surface area (Å²) in [4.78, 5) is 42.2. The van der Waals surface area contributed by atoms with Gasteiger partial charge in [0.05, 0.1) is 30.4 Å². The maximum absolute atomic E-state index is 13.8. The summed E-state index contributed by atoms with van der Waals surface area (Å²) in [7, 11) is 1.67. The molecule has 2 aliphatic carbocycles. The van der Waals surface area contributed by atoms with Crippen LogP contribution in [0.4, 0.5) is 14.4 Å². The van der Waals surface area contributed by atoms with Crippen LogP contribution in [0.15, 0.2) is 91.0 Å². The predicted molar refractivity (Wildman–Crippen MR) is 247 cm³/mol. The number of epoxide rings is 1. The highest BCUT2D eigenvalue weighted by atomic mass is 16.8. The number of aryl methyl sites for hydroxylation is 1. The van der Waals surface area contributed by atoms with E-state index in [1.165, 1.54) is 10.5 Å². The Balaban J connectivity index is 0.815. The Morgan fingerprint density at radius 3 is 1.94 bits per heavy atom. The van der Waals surface area contributed by atoms with Crippen molar-refractivity contribution in [3.63, 3.8) is 0 Å². The minimum absolute atomic E-state index is 0.00646. The van der Waals surface area contributed by atoms with Crippen molar-refractivity contribution in [1.29, 1.82) is 0 Å².